The van der Waals surface area contributed by atoms with Crippen LogP contribution in [0.25, 0.3) is 0 Å². The zero-order valence-electron chi connectivity index (χ0n) is 10.6. The van der Waals surface area contributed by atoms with Gasteiger partial charge in [0.15, 0.2) is 0 Å². The van der Waals surface area contributed by atoms with Gasteiger partial charge < -0.3 is 4.74 Å². The molecule has 0 spiro atoms. The van der Waals surface area contributed by atoms with E-state index in [1.807, 2.05) is 44.2 Å². The Hall–Kier alpha value is -1.84. The van der Waals surface area contributed by atoms with Crippen molar-refractivity contribution in [3.63, 3.8) is 0 Å². The largest absolute Gasteiger partial charge is 0.444 e. The maximum Gasteiger partial charge on any atom is 0.417 e. The molecule has 0 radical (unpaired) electrons. The van der Waals surface area contributed by atoms with E-state index in [4.69, 9.17) is 4.74 Å². The Morgan fingerprint density at radius 2 is 2.00 bits per heavy atom. The summed E-state index contributed by atoms with van der Waals surface area (Å²) in [6, 6.07) is 9.35. The van der Waals surface area contributed by atoms with Crippen molar-refractivity contribution in [3.05, 3.63) is 35.9 Å². The zero-order valence-corrected chi connectivity index (χ0v) is 10.6. The lowest BCUT2D eigenvalue weighted by molar-refractivity contribution is -0.127. The lowest BCUT2D eigenvalue weighted by Crippen LogP contribution is -2.38. The van der Waals surface area contributed by atoms with Crippen molar-refractivity contribution in [1.29, 1.82) is 0 Å². The van der Waals surface area contributed by atoms with Gasteiger partial charge in [0.25, 0.3) is 0 Å². The normalized spacial score (nSPS) is 23.2. The van der Waals surface area contributed by atoms with Crippen molar-refractivity contribution in [1.82, 2.24) is 4.90 Å². The quantitative estimate of drug-likeness (QED) is 0.807. The highest BCUT2D eigenvalue weighted by molar-refractivity contribution is 5.94. The number of likely N-dealkylation sites (tertiary alicyclic amines) is 1. The summed E-state index contributed by atoms with van der Waals surface area (Å²) in [5.74, 6) is 0.0508. The first-order valence-corrected chi connectivity index (χ1v) is 6.12. The van der Waals surface area contributed by atoms with Gasteiger partial charge in [-0.25, -0.2) is 9.69 Å². The standard InChI is InChI=1S/C14H17NO3/c1-10-8-13(16)15(11(10)2)14(17)18-9-12-6-4-3-5-7-12/h3-7,10-11H,8-9H2,1-2H3/t10-,11+/m0/s1. The van der Waals surface area contributed by atoms with Crippen LogP contribution in [0.5, 0.6) is 0 Å². The molecule has 1 aliphatic rings. The number of benzene rings is 1. The molecular formula is C14H17NO3. The Balaban J connectivity index is 1.94. The molecule has 0 saturated carbocycles. The Morgan fingerprint density at radius 3 is 2.56 bits per heavy atom. The van der Waals surface area contributed by atoms with E-state index in [0.29, 0.717) is 6.42 Å². The van der Waals surface area contributed by atoms with Gasteiger partial charge in [-0.05, 0) is 18.4 Å². The first-order chi connectivity index (χ1) is 8.59. The van der Waals surface area contributed by atoms with Crippen molar-refractivity contribution in [3.8, 4) is 0 Å². The minimum Gasteiger partial charge on any atom is -0.444 e. The number of hydrogen-bond donors (Lipinski definition) is 0. The maximum atomic E-state index is 11.9. The minimum absolute atomic E-state index is 0.0826. The molecule has 1 aliphatic heterocycles. The van der Waals surface area contributed by atoms with E-state index in [1.165, 1.54) is 4.90 Å². The van der Waals surface area contributed by atoms with E-state index in [1.54, 1.807) is 0 Å². The van der Waals surface area contributed by atoms with Crippen LogP contribution in [0.1, 0.15) is 25.8 Å². The van der Waals surface area contributed by atoms with E-state index in [9.17, 15) is 9.59 Å². The average Bonchev–Trinajstić information content (AvgIpc) is 2.62. The molecule has 2 atom stereocenters. The van der Waals surface area contributed by atoms with Gasteiger partial charge in [0.1, 0.15) is 6.61 Å². The van der Waals surface area contributed by atoms with Crippen LogP contribution in [0.3, 0.4) is 0 Å². The van der Waals surface area contributed by atoms with Crippen LogP contribution in [-0.4, -0.2) is 22.9 Å². The van der Waals surface area contributed by atoms with Gasteiger partial charge in [-0.2, -0.15) is 0 Å². The van der Waals surface area contributed by atoms with Gasteiger partial charge in [-0.1, -0.05) is 37.3 Å². The second-order valence-corrected chi connectivity index (χ2v) is 4.73. The topological polar surface area (TPSA) is 46.6 Å². The van der Waals surface area contributed by atoms with Crippen molar-refractivity contribution < 1.29 is 14.3 Å². The Kier molecular flexibility index (Phi) is 3.65. The third kappa shape index (κ3) is 2.53. The summed E-state index contributed by atoms with van der Waals surface area (Å²) in [6.07, 6.45) is -0.123. The highest BCUT2D eigenvalue weighted by atomic mass is 16.6. The molecule has 18 heavy (non-hydrogen) atoms. The minimum atomic E-state index is -0.541. The summed E-state index contributed by atoms with van der Waals surface area (Å²) in [4.78, 5) is 24.8. The molecule has 1 heterocycles. The fourth-order valence-corrected chi connectivity index (χ4v) is 2.08. The molecule has 2 rings (SSSR count). The number of carbonyl (C=O) groups is 2. The molecule has 0 aliphatic carbocycles. The first-order valence-electron chi connectivity index (χ1n) is 6.12. The van der Waals surface area contributed by atoms with E-state index in [2.05, 4.69) is 0 Å². The number of imide groups is 1. The molecular weight excluding hydrogens is 230 g/mol. The molecule has 1 saturated heterocycles. The van der Waals surface area contributed by atoms with Crippen LogP contribution in [0.4, 0.5) is 4.79 Å². The van der Waals surface area contributed by atoms with Crippen LogP contribution in [0.15, 0.2) is 30.3 Å². The highest BCUT2D eigenvalue weighted by Gasteiger charge is 2.39. The monoisotopic (exact) mass is 247 g/mol. The molecule has 0 bridgehead atoms. The maximum absolute atomic E-state index is 11.9. The van der Waals surface area contributed by atoms with E-state index >= 15 is 0 Å². The first kappa shape index (κ1) is 12.6. The van der Waals surface area contributed by atoms with Crippen LogP contribution in [-0.2, 0) is 16.1 Å². The summed E-state index contributed by atoms with van der Waals surface area (Å²) >= 11 is 0. The smallest absolute Gasteiger partial charge is 0.417 e. The number of rotatable bonds is 2. The molecule has 0 N–H and O–H groups in total. The number of nitrogens with zero attached hydrogens (tertiary/aromatic N) is 1. The van der Waals surface area contributed by atoms with Gasteiger partial charge in [0.2, 0.25) is 5.91 Å². The fourth-order valence-electron chi connectivity index (χ4n) is 2.08. The van der Waals surface area contributed by atoms with E-state index in [0.717, 1.165) is 5.56 Å². The number of ether oxygens (including phenoxy) is 1. The molecule has 4 heteroatoms. The second kappa shape index (κ2) is 5.21. The third-order valence-corrected chi connectivity index (χ3v) is 3.40. The molecule has 0 unspecified atom stereocenters. The molecule has 1 fully saturated rings. The van der Waals surface area contributed by atoms with Crippen molar-refractivity contribution in [2.24, 2.45) is 5.92 Å². The van der Waals surface area contributed by atoms with Crippen molar-refractivity contribution >= 4 is 12.0 Å². The molecule has 1 aromatic carbocycles. The van der Waals surface area contributed by atoms with Crippen LogP contribution < -0.4 is 0 Å². The summed E-state index contributed by atoms with van der Waals surface area (Å²) in [6.45, 7) is 4.04. The predicted molar refractivity (Wildman–Crippen MR) is 66.7 cm³/mol. The molecule has 0 aromatic heterocycles. The Bertz CT molecular complexity index is 444. The van der Waals surface area contributed by atoms with Crippen LogP contribution >= 0.6 is 0 Å². The van der Waals surface area contributed by atoms with E-state index in [-0.39, 0.29) is 24.5 Å². The molecule has 1 aromatic rings. The van der Waals surface area contributed by atoms with Gasteiger partial charge in [-0.3, -0.25) is 4.79 Å². The average molecular weight is 247 g/mol. The van der Waals surface area contributed by atoms with Gasteiger partial charge in [-0.15, -0.1) is 0 Å². The predicted octanol–water partition coefficient (Wildman–Crippen LogP) is 2.58. The Morgan fingerprint density at radius 1 is 1.33 bits per heavy atom. The SMILES string of the molecule is C[C@@H]1[C@@H](C)CC(=O)N1C(=O)OCc1ccccc1. The summed E-state index contributed by atoms with van der Waals surface area (Å²) in [5, 5.41) is 0. The zero-order chi connectivity index (χ0) is 13.1. The summed E-state index contributed by atoms with van der Waals surface area (Å²) in [7, 11) is 0. The third-order valence-electron chi connectivity index (χ3n) is 3.40. The Labute approximate surface area is 107 Å². The number of hydrogen-bond acceptors (Lipinski definition) is 3. The summed E-state index contributed by atoms with van der Waals surface area (Å²) < 4.78 is 5.17. The van der Waals surface area contributed by atoms with Gasteiger partial charge in [0, 0.05) is 12.5 Å². The van der Waals surface area contributed by atoms with Crippen molar-refractivity contribution in [2.45, 2.75) is 32.9 Å². The van der Waals surface area contributed by atoms with E-state index < -0.39 is 6.09 Å². The van der Waals surface area contributed by atoms with Gasteiger partial charge >= 0.3 is 6.09 Å². The second-order valence-electron chi connectivity index (χ2n) is 4.73. The summed E-state index contributed by atoms with van der Waals surface area (Å²) in [5.41, 5.74) is 0.915. The molecule has 4 nitrogen and oxygen atoms in total. The highest BCUT2D eigenvalue weighted by Crippen LogP contribution is 2.25. The molecule has 2 amide bonds. The lowest BCUT2D eigenvalue weighted by atomic mass is 10.1. The van der Waals surface area contributed by atoms with Crippen molar-refractivity contribution in [2.75, 3.05) is 0 Å². The number of carbonyl (C=O) groups excluding carboxylic acids is 2. The van der Waals surface area contributed by atoms with Gasteiger partial charge in [0.05, 0.1) is 0 Å². The lowest BCUT2D eigenvalue weighted by Gasteiger charge is -2.20. The van der Waals surface area contributed by atoms with Crippen LogP contribution in [0.2, 0.25) is 0 Å². The number of amides is 2. The molecule has 96 valence electrons. The van der Waals surface area contributed by atoms with Crippen LogP contribution in [0, 0.1) is 5.92 Å². The fraction of sp³-hybridized carbons (Fsp3) is 0.429.